The summed E-state index contributed by atoms with van der Waals surface area (Å²) >= 11 is 0. The molecule has 2 saturated heterocycles. The van der Waals surface area contributed by atoms with Crippen LogP contribution in [0.25, 0.3) is 0 Å². The normalized spacial score (nSPS) is 41.4. The Kier molecular flexibility index (Phi) is 8.37. The number of hydrogen-bond acceptors (Lipinski definition) is 13. The third-order valence-electron chi connectivity index (χ3n) is 5.19. The summed E-state index contributed by atoms with van der Waals surface area (Å²) in [5.41, 5.74) is 0. The van der Waals surface area contributed by atoms with E-state index in [4.69, 9.17) is 23.4 Å². The highest BCUT2D eigenvalue weighted by atomic mass is 16.7. The number of hydrogen-bond donors (Lipinski definition) is 8. The van der Waals surface area contributed by atoms with Crippen molar-refractivity contribution >= 4 is 0 Å². The molecule has 2 fully saturated rings. The lowest BCUT2D eigenvalue weighted by atomic mass is 9.99. The van der Waals surface area contributed by atoms with E-state index in [0.29, 0.717) is 11.5 Å². The summed E-state index contributed by atoms with van der Waals surface area (Å²) in [6.45, 7) is -1.51. The van der Waals surface area contributed by atoms with Gasteiger partial charge in [-0.3, -0.25) is 0 Å². The van der Waals surface area contributed by atoms with Gasteiger partial charge in [-0.2, -0.15) is 0 Å². The molecule has 0 bridgehead atoms. The Balaban J connectivity index is 1.50. The molecule has 1 aromatic heterocycles. The van der Waals surface area contributed by atoms with E-state index >= 15 is 0 Å². The van der Waals surface area contributed by atoms with Gasteiger partial charge in [0.25, 0.3) is 0 Å². The Morgan fingerprint density at radius 2 is 1.00 bits per heavy atom. The topological polar surface area (TPSA) is 212 Å². The molecule has 1 aromatic rings. The Bertz CT molecular complexity index is 625. The fraction of sp³-hybridized carbons (Fsp3) is 0.778. The fourth-order valence-corrected chi connectivity index (χ4v) is 3.32. The molecule has 31 heavy (non-hydrogen) atoms. The number of aliphatic hydroxyl groups is 8. The lowest BCUT2D eigenvalue weighted by molar-refractivity contribution is -0.305. The highest BCUT2D eigenvalue weighted by Gasteiger charge is 2.45. The molecular formula is C18H28O13. The Labute approximate surface area is 176 Å². The first-order chi connectivity index (χ1) is 14.8. The monoisotopic (exact) mass is 452 g/mol. The van der Waals surface area contributed by atoms with Gasteiger partial charge in [-0.1, -0.05) is 0 Å². The van der Waals surface area contributed by atoms with Gasteiger partial charge < -0.3 is 64.2 Å². The van der Waals surface area contributed by atoms with Crippen molar-refractivity contribution in [2.75, 3.05) is 13.2 Å². The second-order valence-corrected chi connectivity index (χ2v) is 7.38. The van der Waals surface area contributed by atoms with E-state index in [9.17, 15) is 40.9 Å². The van der Waals surface area contributed by atoms with Crippen molar-refractivity contribution in [2.24, 2.45) is 0 Å². The standard InChI is InChI=1S/C18H28O13/c19-3-9-11(21)13(23)15(25)17(30-9)27-5-7-1-2-8(29-7)6-28-18-16(26)14(24)12(22)10(4-20)31-18/h1-2,9-26H,3-6H2/t9-,10-,11+,12+,13+,14+,15-,16-,17?,18?/m1/s1. The van der Waals surface area contributed by atoms with Gasteiger partial charge in [-0.15, -0.1) is 0 Å². The van der Waals surface area contributed by atoms with Crippen molar-refractivity contribution in [3.63, 3.8) is 0 Å². The predicted octanol–water partition coefficient (Wildman–Crippen LogP) is -4.09. The molecule has 3 rings (SSSR count). The summed E-state index contributed by atoms with van der Waals surface area (Å²) < 4.78 is 26.7. The van der Waals surface area contributed by atoms with Crippen molar-refractivity contribution in [3.8, 4) is 0 Å². The zero-order chi connectivity index (χ0) is 22.7. The molecule has 0 aromatic carbocycles. The molecule has 13 nitrogen and oxygen atoms in total. The van der Waals surface area contributed by atoms with Crippen molar-refractivity contribution in [1.29, 1.82) is 0 Å². The van der Waals surface area contributed by atoms with Gasteiger partial charge in [0.1, 0.15) is 73.6 Å². The third kappa shape index (κ3) is 5.42. The average molecular weight is 452 g/mol. The number of rotatable bonds is 8. The van der Waals surface area contributed by atoms with Gasteiger partial charge >= 0.3 is 0 Å². The molecule has 13 heteroatoms. The maximum absolute atomic E-state index is 9.95. The maximum Gasteiger partial charge on any atom is 0.187 e. The quantitative estimate of drug-likeness (QED) is 0.189. The lowest BCUT2D eigenvalue weighted by Crippen LogP contribution is -2.59. The molecule has 0 radical (unpaired) electrons. The van der Waals surface area contributed by atoms with E-state index < -0.39 is 74.6 Å². The van der Waals surface area contributed by atoms with E-state index in [-0.39, 0.29) is 13.2 Å². The van der Waals surface area contributed by atoms with Crippen LogP contribution >= 0.6 is 0 Å². The fourth-order valence-electron chi connectivity index (χ4n) is 3.32. The van der Waals surface area contributed by atoms with E-state index in [1.807, 2.05) is 0 Å². The minimum atomic E-state index is -1.56. The minimum absolute atomic E-state index is 0.178. The summed E-state index contributed by atoms with van der Waals surface area (Å²) in [6, 6.07) is 3.08. The number of furan rings is 1. The smallest absolute Gasteiger partial charge is 0.187 e. The molecule has 10 atom stereocenters. The zero-order valence-electron chi connectivity index (χ0n) is 16.4. The third-order valence-corrected chi connectivity index (χ3v) is 5.19. The highest BCUT2D eigenvalue weighted by molar-refractivity contribution is 5.06. The van der Waals surface area contributed by atoms with Crippen LogP contribution in [-0.2, 0) is 32.2 Å². The first-order valence-corrected chi connectivity index (χ1v) is 9.68. The number of ether oxygens (including phenoxy) is 4. The van der Waals surface area contributed by atoms with Crippen LogP contribution < -0.4 is 0 Å². The Morgan fingerprint density at radius 1 is 0.613 bits per heavy atom. The molecule has 3 heterocycles. The summed E-state index contributed by atoms with van der Waals surface area (Å²) in [7, 11) is 0. The molecule has 2 aliphatic heterocycles. The van der Waals surface area contributed by atoms with Crippen molar-refractivity contribution in [2.45, 2.75) is 74.6 Å². The molecule has 0 spiro atoms. The van der Waals surface area contributed by atoms with E-state index in [1.165, 1.54) is 12.1 Å². The predicted molar refractivity (Wildman–Crippen MR) is 95.8 cm³/mol. The van der Waals surface area contributed by atoms with Gasteiger partial charge in [0.15, 0.2) is 12.6 Å². The first-order valence-electron chi connectivity index (χ1n) is 9.68. The zero-order valence-corrected chi connectivity index (χ0v) is 16.4. The van der Waals surface area contributed by atoms with Gasteiger partial charge in [-0.05, 0) is 12.1 Å². The van der Waals surface area contributed by atoms with Crippen LogP contribution in [0.1, 0.15) is 11.5 Å². The Morgan fingerprint density at radius 3 is 1.35 bits per heavy atom. The van der Waals surface area contributed by atoms with Crippen molar-refractivity contribution in [1.82, 2.24) is 0 Å². The molecule has 0 aliphatic carbocycles. The van der Waals surface area contributed by atoms with Crippen LogP contribution in [0, 0.1) is 0 Å². The molecule has 2 aliphatic rings. The molecule has 0 amide bonds. The van der Waals surface area contributed by atoms with Crippen molar-refractivity contribution in [3.05, 3.63) is 23.7 Å². The lowest BCUT2D eigenvalue weighted by Gasteiger charge is -2.39. The van der Waals surface area contributed by atoms with Crippen LogP contribution in [0.3, 0.4) is 0 Å². The summed E-state index contributed by atoms with van der Waals surface area (Å²) in [6.07, 6.45) is -14.0. The summed E-state index contributed by atoms with van der Waals surface area (Å²) in [5.74, 6) is 0.591. The Hall–Kier alpha value is -1.20. The molecular weight excluding hydrogens is 424 g/mol. The number of aliphatic hydroxyl groups excluding tert-OH is 8. The van der Waals surface area contributed by atoms with Gasteiger partial charge in [0.05, 0.1) is 13.2 Å². The maximum atomic E-state index is 9.95. The molecule has 0 saturated carbocycles. The van der Waals surface area contributed by atoms with Crippen LogP contribution in [0.2, 0.25) is 0 Å². The van der Waals surface area contributed by atoms with E-state index in [0.717, 1.165) is 0 Å². The van der Waals surface area contributed by atoms with Gasteiger partial charge in [0.2, 0.25) is 0 Å². The second-order valence-electron chi connectivity index (χ2n) is 7.38. The minimum Gasteiger partial charge on any atom is -0.461 e. The molecule has 8 N–H and O–H groups in total. The van der Waals surface area contributed by atoms with Gasteiger partial charge in [0, 0.05) is 0 Å². The second kappa shape index (κ2) is 10.6. The molecule has 2 unspecified atom stereocenters. The van der Waals surface area contributed by atoms with E-state index in [1.54, 1.807) is 0 Å². The van der Waals surface area contributed by atoms with Crippen LogP contribution in [-0.4, -0.2) is 115 Å². The largest absolute Gasteiger partial charge is 0.461 e. The summed E-state index contributed by atoms with van der Waals surface area (Å²) in [5, 5.41) is 77.3. The highest BCUT2D eigenvalue weighted by Crippen LogP contribution is 2.25. The first kappa shape index (κ1) is 24.4. The van der Waals surface area contributed by atoms with E-state index in [2.05, 4.69) is 0 Å². The van der Waals surface area contributed by atoms with Crippen LogP contribution in [0.4, 0.5) is 0 Å². The van der Waals surface area contributed by atoms with Crippen molar-refractivity contribution < 1.29 is 64.2 Å². The summed E-state index contributed by atoms with van der Waals surface area (Å²) in [4.78, 5) is 0. The SMILES string of the molecule is OC[C@H]1OC(OCc2ccc(COC3O[C@H](CO)[C@H](O)[C@H](O)[C@H]3O)o2)[C@H](O)[C@@H](O)[C@H]1O. The van der Waals surface area contributed by atoms with Crippen LogP contribution in [0.15, 0.2) is 16.5 Å². The average Bonchev–Trinajstić information content (AvgIpc) is 3.23. The van der Waals surface area contributed by atoms with Crippen LogP contribution in [0.5, 0.6) is 0 Å². The van der Waals surface area contributed by atoms with Gasteiger partial charge in [-0.25, -0.2) is 0 Å². The molecule has 178 valence electrons.